The van der Waals surface area contributed by atoms with Crippen LogP contribution in [0, 0.1) is 32.7 Å². The molecule has 0 spiro atoms. The van der Waals surface area contributed by atoms with Gasteiger partial charge in [-0.1, -0.05) is 26.8 Å². The van der Waals surface area contributed by atoms with Crippen LogP contribution in [-0.4, -0.2) is 11.0 Å². The summed E-state index contributed by atoms with van der Waals surface area (Å²) in [6.07, 6.45) is 3.40. The SMILES string of the molecule is CC12CCC(C1)C(C)(C)C2Nc1c(F)cccc1[N+](=O)[O-]. The molecule has 0 aliphatic heterocycles. The van der Waals surface area contributed by atoms with Crippen molar-refractivity contribution in [2.45, 2.75) is 46.1 Å². The quantitative estimate of drug-likeness (QED) is 0.665. The molecule has 4 nitrogen and oxygen atoms in total. The first-order valence-corrected chi connectivity index (χ1v) is 7.45. The van der Waals surface area contributed by atoms with Crippen molar-refractivity contribution in [1.29, 1.82) is 0 Å². The fourth-order valence-corrected chi connectivity index (χ4v) is 4.61. The summed E-state index contributed by atoms with van der Waals surface area (Å²) in [4.78, 5) is 10.6. The Hall–Kier alpha value is -1.65. The molecule has 1 aromatic carbocycles. The van der Waals surface area contributed by atoms with E-state index in [1.165, 1.54) is 24.6 Å². The van der Waals surface area contributed by atoms with Crippen molar-refractivity contribution in [2.24, 2.45) is 16.7 Å². The summed E-state index contributed by atoms with van der Waals surface area (Å²) in [5.74, 6) is 0.0530. The lowest BCUT2D eigenvalue weighted by Crippen LogP contribution is -2.46. The van der Waals surface area contributed by atoms with Gasteiger partial charge in [-0.05, 0) is 42.1 Å². The van der Waals surface area contributed by atoms with Gasteiger partial charge in [-0.15, -0.1) is 0 Å². The van der Waals surface area contributed by atoms with Gasteiger partial charge in [-0.3, -0.25) is 10.1 Å². The van der Waals surface area contributed by atoms with E-state index in [-0.39, 0.29) is 28.2 Å². The smallest absolute Gasteiger partial charge is 0.295 e. The topological polar surface area (TPSA) is 55.2 Å². The molecule has 2 aliphatic carbocycles. The number of benzene rings is 1. The van der Waals surface area contributed by atoms with Crippen LogP contribution < -0.4 is 5.32 Å². The summed E-state index contributed by atoms with van der Waals surface area (Å²) < 4.78 is 14.1. The molecular formula is C16H21FN2O2. The number of nitrogens with zero attached hydrogens (tertiary/aromatic N) is 1. The number of hydrogen-bond donors (Lipinski definition) is 1. The molecule has 3 unspecified atom stereocenters. The Kier molecular flexibility index (Phi) is 3.01. The summed E-state index contributed by atoms with van der Waals surface area (Å²) in [7, 11) is 0. The average molecular weight is 292 g/mol. The van der Waals surface area contributed by atoms with Crippen LogP contribution >= 0.6 is 0 Å². The van der Waals surface area contributed by atoms with Gasteiger partial charge in [-0.2, -0.15) is 0 Å². The van der Waals surface area contributed by atoms with Crippen LogP contribution in [-0.2, 0) is 0 Å². The molecule has 1 N–H and O–H groups in total. The maximum absolute atomic E-state index is 14.1. The largest absolute Gasteiger partial charge is 0.373 e. The van der Waals surface area contributed by atoms with Crippen molar-refractivity contribution in [3.05, 3.63) is 34.1 Å². The minimum Gasteiger partial charge on any atom is -0.373 e. The lowest BCUT2D eigenvalue weighted by Gasteiger charge is -2.43. The van der Waals surface area contributed by atoms with Crippen molar-refractivity contribution in [3.8, 4) is 0 Å². The molecule has 114 valence electrons. The zero-order valence-electron chi connectivity index (χ0n) is 12.6. The fraction of sp³-hybridized carbons (Fsp3) is 0.625. The van der Waals surface area contributed by atoms with Crippen LogP contribution in [0.5, 0.6) is 0 Å². The molecule has 0 aromatic heterocycles. The van der Waals surface area contributed by atoms with Gasteiger partial charge in [0.05, 0.1) is 4.92 Å². The first-order chi connectivity index (χ1) is 9.75. The highest BCUT2D eigenvalue weighted by molar-refractivity contribution is 5.63. The maximum Gasteiger partial charge on any atom is 0.295 e. The van der Waals surface area contributed by atoms with Crippen LogP contribution in [0.2, 0.25) is 0 Å². The highest BCUT2D eigenvalue weighted by Crippen LogP contribution is 2.63. The number of anilines is 1. The lowest BCUT2D eigenvalue weighted by molar-refractivity contribution is -0.384. The number of fused-ring (bicyclic) bond motifs is 2. The number of hydrogen-bond acceptors (Lipinski definition) is 3. The van der Waals surface area contributed by atoms with Crippen molar-refractivity contribution in [1.82, 2.24) is 0 Å². The molecule has 0 saturated heterocycles. The van der Waals surface area contributed by atoms with Crippen LogP contribution in [0.1, 0.15) is 40.0 Å². The fourth-order valence-electron chi connectivity index (χ4n) is 4.61. The second-order valence-electron chi connectivity index (χ2n) is 7.38. The van der Waals surface area contributed by atoms with E-state index in [0.717, 1.165) is 12.8 Å². The number of rotatable bonds is 3. The number of nitrogens with one attached hydrogen (secondary N) is 1. The van der Waals surface area contributed by atoms with Gasteiger partial charge in [-0.25, -0.2) is 4.39 Å². The van der Waals surface area contributed by atoms with Gasteiger partial charge in [0.25, 0.3) is 5.69 Å². The predicted octanol–water partition coefficient (Wildman–Crippen LogP) is 4.36. The molecule has 0 heterocycles. The lowest BCUT2D eigenvalue weighted by atomic mass is 9.68. The highest BCUT2D eigenvalue weighted by Gasteiger charge is 2.59. The monoisotopic (exact) mass is 292 g/mol. The third-order valence-electron chi connectivity index (χ3n) is 5.75. The minimum absolute atomic E-state index is 0.0170. The summed E-state index contributed by atoms with van der Waals surface area (Å²) in [5.41, 5.74) is -0.0421. The molecule has 21 heavy (non-hydrogen) atoms. The zero-order valence-corrected chi connectivity index (χ0v) is 12.6. The van der Waals surface area contributed by atoms with E-state index in [9.17, 15) is 14.5 Å². The average Bonchev–Trinajstić information content (AvgIpc) is 2.87. The molecule has 2 aliphatic rings. The van der Waals surface area contributed by atoms with Gasteiger partial charge < -0.3 is 5.32 Å². The second-order valence-corrected chi connectivity index (χ2v) is 7.38. The Bertz CT molecular complexity index is 597. The Morgan fingerprint density at radius 2 is 2.10 bits per heavy atom. The van der Waals surface area contributed by atoms with E-state index >= 15 is 0 Å². The van der Waals surface area contributed by atoms with Gasteiger partial charge in [0, 0.05) is 12.1 Å². The van der Waals surface area contributed by atoms with Crippen LogP contribution in [0.4, 0.5) is 15.8 Å². The van der Waals surface area contributed by atoms with E-state index in [4.69, 9.17) is 0 Å². The van der Waals surface area contributed by atoms with Gasteiger partial charge >= 0.3 is 0 Å². The summed E-state index contributed by atoms with van der Waals surface area (Å²) in [5, 5.41) is 14.4. The molecule has 2 fully saturated rings. The van der Waals surface area contributed by atoms with E-state index in [1.807, 2.05) is 0 Å². The van der Waals surface area contributed by atoms with Crippen LogP contribution in [0.25, 0.3) is 0 Å². The second kappa shape index (κ2) is 4.42. The van der Waals surface area contributed by atoms with Gasteiger partial charge in [0.15, 0.2) is 5.82 Å². The number of halogens is 1. The minimum atomic E-state index is -0.550. The molecule has 0 radical (unpaired) electrons. The van der Waals surface area contributed by atoms with Crippen LogP contribution in [0.15, 0.2) is 18.2 Å². The van der Waals surface area contributed by atoms with E-state index < -0.39 is 10.7 Å². The molecule has 2 bridgehead atoms. The summed E-state index contributed by atoms with van der Waals surface area (Å²) in [6.45, 7) is 6.59. The first kappa shape index (κ1) is 14.3. The van der Waals surface area contributed by atoms with Gasteiger partial charge in [0.2, 0.25) is 0 Å². The number of nitro groups is 1. The standard InChI is InChI=1S/C16H21FN2O2/c1-15(2)10-7-8-16(3,9-10)14(15)18-13-11(17)5-4-6-12(13)19(20)21/h4-6,10,14,18H,7-9H2,1-3H3. The Morgan fingerprint density at radius 1 is 1.38 bits per heavy atom. The molecule has 1 aromatic rings. The van der Waals surface area contributed by atoms with Crippen molar-refractivity contribution in [2.75, 3.05) is 5.32 Å². The normalized spacial score (nSPS) is 33.1. The summed E-state index contributed by atoms with van der Waals surface area (Å²) >= 11 is 0. The van der Waals surface area contributed by atoms with E-state index in [2.05, 4.69) is 26.1 Å². The predicted molar refractivity (Wildman–Crippen MR) is 79.7 cm³/mol. The zero-order chi connectivity index (χ0) is 15.4. The molecule has 3 rings (SSSR count). The highest BCUT2D eigenvalue weighted by atomic mass is 19.1. The van der Waals surface area contributed by atoms with Gasteiger partial charge in [0.1, 0.15) is 5.69 Å². The Labute approximate surface area is 123 Å². The molecule has 2 saturated carbocycles. The summed E-state index contributed by atoms with van der Waals surface area (Å²) in [6, 6.07) is 4.07. The Balaban J connectivity index is 1.99. The van der Waals surface area contributed by atoms with Crippen molar-refractivity contribution < 1.29 is 9.31 Å². The molecule has 3 atom stereocenters. The van der Waals surface area contributed by atoms with Crippen molar-refractivity contribution in [3.63, 3.8) is 0 Å². The molecular weight excluding hydrogens is 271 g/mol. The van der Waals surface area contributed by atoms with Crippen LogP contribution in [0.3, 0.4) is 0 Å². The van der Waals surface area contributed by atoms with Crippen molar-refractivity contribution >= 4 is 11.4 Å². The Morgan fingerprint density at radius 3 is 2.67 bits per heavy atom. The number of para-hydroxylation sites is 1. The number of nitro benzene ring substituents is 1. The van der Waals surface area contributed by atoms with E-state index in [0.29, 0.717) is 5.92 Å². The van der Waals surface area contributed by atoms with E-state index in [1.54, 1.807) is 0 Å². The molecule has 0 amide bonds. The first-order valence-electron chi connectivity index (χ1n) is 7.45. The third-order valence-corrected chi connectivity index (χ3v) is 5.75. The molecule has 5 heteroatoms. The maximum atomic E-state index is 14.1. The third kappa shape index (κ3) is 2.01.